The molecular weight excluding hydrogens is 220 g/mol. The van der Waals surface area contributed by atoms with Crippen LogP contribution in [0.25, 0.3) is 0 Å². The van der Waals surface area contributed by atoms with Gasteiger partial charge in [0.2, 0.25) is 0 Å². The van der Waals surface area contributed by atoms with Crippen LogP contribution < -0.4 is 0 Å². The molecule has 0 aliphatic heterocycles. The van der Waals surface area contributed by atoms with Crippen LogP contribution in [0.1, 0.15) is 24.5 Å². The van der Waals surface area contributed by atoms with Crippen molar-refractivity contribution in [2.45, 2.75) is 26.7 Å². The quantitative estimate of drug-likeness (QED) is 0.681. The molecule has 0 saturated carbocycles. The van der Waals surface area contributed by atoms with Crippen molar-refractivity contribution in [3.63, 3.8) is 0 Å². The number of allylic oxidation sites excluding steroid dienone is 4. The summed E-state index contributed by atoms with van der Waals surface area (Å²) in [6.07, 6.45) is 4.61. The van der Waals surface area contributed by atoms with Gasteiger partial charge in [-0.3, -0.25) is 4.79 Å². The van der Waals surface area contributed by atoms with Crippen molar-refractivity contribution in [3.05, 3.63) is 71.8 Å². The van der Waals surface area contributed by atoms with Gasteiger partial charge in [0, 0.05) is 12.8 Å². The number of carbonyl (C=O) groups is 1. The summed E-state index contributed by atoms with van der Waals surface area (Å²) >= 11 is 0. The van der Waals surface area contributed by atoms with Gasteiger partial charge in [0.25, 0.3) is 0 Å². The molecular formula is C17H20O. The summed E-state index contributed by atoms with van der Waals surface area (Å²) in [6.45, 7) is 11.6. The van der Waals surface area contributed by atoms with Crippen molar-refractivity contribution in [1.29, 1.82) is 0 Å². The minimum atomic E-state index is 0.190. The molecule has 94 valence electrons. The van der Waals surface area contributed by atoms with Gasteiger partial charge in [-0.2, -0.15) is 0 Å². The molecule has 0 unspecified atom stereocenters. The lowest BCUT2D eigenvalue weighted by molar-refractivity contribution is -0.117. The zero-order valence-corrected chi connectivity index (χ0v) is 11.2. The first kappa shape index (κ1) is 14.2. The zero-order valence-electron chi connectivity index (χ0n) is 11.2. The standard InChI is InChI=1S/C17H20O/c1-13(2)5-6-15(4)11-17(18)12-16-9-7-14(3)8-10-16/h5-10H,1,4,11-12H2,2-3H3/b6-5-. The Morgan fingerprint density at radius 3 is 2.33 bits per heavy atom. The molecule has 0 fully saturated rings. The van der Waals surface area contributed by atoms with Gasteiger partial charge in [-0.05, 0) is 25.0 Å². The van der Waals surface area contributed by atoms with E-state index >= 15 is 0 Å². The first-order valence-corrected chi connectivity index (χ1v) is 6.06. The number of benzene rings is 1. The molecule has 1 nitrogen and oxygen atoms in total. The SMILES string of the molecule is C=C(C)/C=C\C(=C)CC(=O)Cc1ccc(C)cc1. The van der Waals surface area contributed by atoms with Crippen LogP contribution in [-0.4, -0.2) is 5.78 Å². The van der Waals surface area contributed by atoms with E-state index in [0.717, 1.165) is 16.7 Å². The molecule has 0 heterocycles. The largest absolute Gasteiger partial charge is 0.299 e. The first-order valence-electron chi connectivity index (χ1n) is 6.06. The fourth-order valence-electron chi connectivity index (χ4n) is 1.57. The maximum atomic E-state index is 11.8. The second-order valence-corrected chi connectivity index (χ2v) is 4.72. The predicted molar refractivity (Wildman–Crippen MR) is 77.6 cm³/mol. The van der Waals surface area contributed by atoms with E-state index in [0.29, 0.717) is 12.8 Å². The summed E-state index contributed by atoms with van der Waals surface area (Å²) in [7, 11) is 0. The van der Waals surface area contributed by atoms with Gasteiger partial charge in [0.05, 0.1) is 0 Å². The lowest BCUT2D eigenvalue weighted by Gasteiger charge is -2.02. The monoisotopic (exact) mass is 240 g/mol. The molecule has 0 spiro atoms. The highest BCUT2D eigenvalue weighted by Gasteiger charge is 2.04. The van der Waals surface area contributed by atoms with Crippen LogP contribution in [-0.2, 0) is 11.2 Å². The normalized spacial score (nSPS) is 10.6. The topological polar surface area (TPSA) is 17.1 Å². The van der Waals surface area contributed by atoms with Crippen LogP contribution in [0.5, 0.6) is 0 Å². The Balaban J connectivity index is 2.49. The number of Topliss-reactive ketones (excluding diaryl/α,β-unsaturated/α-hetero) is 1. The lowest BCUT2D eigenvalue weighted by Crippen LogP contribution is -2.03. The van der Waals surface area contributed by atoms with E-state index in [-0.39, 0.29) is 5.78 Å². The van der Waals surface area contributed by atoms with Crippen LogP contribution in [0.2, 0.25) is 0 Å². The van der Waals surface area contributed by atoms with Crippen LogP contribution in [0.4, 0.5) is 0 Å². The molecule has 0 atom stereocenters. The van der Waals surface area contributed by atoms with Crippen LogP contribution >= 0.6 is 0 Å². The van der Waals surface area contributed by atoms with Gasteiger partial charge in [-0.1, -0.05) is 60.7 Å². The van der Waals surface area contributed by atoms with Crippen LogP contribution in [0.15, 0.2) is 60.7 Å². The molecule has 0 N–H and O–H groups in total. The first-order chi connectivity index (χ1) is 8.47. The van der Waals surface area contributed by atoms with E-state index in [1.807, 2.05) is 50.3 Å². The molecule has 1 rings (SSSR count). The third-order valence-electron chi connectivity index (χ3n) is 2.55. The van der Waals surface area contributed by atoms with E-state index in [9.17, 15) is 4.79 Å². The van der Waals surface area contributed by atoms with Gasteiger partial charge < -0.3 is 0 Å². The average molecular weight is 240 g/mol. The number of hydrogen-bond donors (Lipinski definition) is 0. The lowest BCUT2D eigenvalue weighted by atomic mass is 10.0. The van der Waals surface area contributed by atoms with Gasteiger partial charge in [-0.15, -0.1) is 0 Å². The molecule has 0 radical (unpaired) electrons. The Hall–Kier alpha value is -1.89. The third kappa shape index (κ3) is 5.44. The summed E-state index contributed by atoms with van der Waals surface area (Å²) in [5.41, 5.74) is 4.06. The van der Waals surface area contributed by atoms with Gasteiger partial charge in [-0.25, -0.2) is 0 Å². The van der Waals surface area contributed by atoms with Gasteiger partial charge in [0.1, 0.15) is 5.78 Å². The Morgan fingerprint density at radius 1 is 1.17 bits per heavy atom. The smallest absolute Gasteiger partial charge is 0.141 e. The number of carbonyl (C=O) groups excluding carboxylic acids is 1. The van der Waals surface area contributed by atoms with Crippen molar-refractivity contribution in [2.24, 2.45) is 0 Å². The number of aryl methyl sites for hydroxylation is 1. The fraction of sp³-hybridized carbons (Fsp3) is 0.235. The Bertz CT molecular complexity index is 475. The van der Waals surface area contributed by atoms with Gasteiger partial charge in [0.15, 0.2) is 0 Å². The molecule has 0 aliphatic carbocycles. The molecule has 0 aromatic heterocycles. The maximum Gasteiger partial charge on any atom is 0.141 e. The van der Waals surface area contributed by atoms with Crippen molar-refractivity contribution in [1.82, 2.24) is 0 Å². The number of rotatable bonds is 6. The summed E-state index contributed by atoms with van der Waals surface area (Å²) in [6, 6.07) is 8.05. The van der Waals surface area contributed by atoms with Crippen molar-refractivity contribution in [2.75, 3.05) is 0 Å². The minimum Gasteiger partial charge on any atom is -0.299 e. The van der Waals surface area contributed by atoms with E-state index in [4.69, 9.17) is 0 Å². The second kappa shape index (κ2) is 6.75. The number of ketones is 1. The van der Waals surface area contributed by atoms with E-state index in [1.54, 1.807) is 0 Å². The Labute approximate surface area is 110 Å². The summed E-state index contributed by atoms with van der Waals surface area (Å²) in [4.78, 5) is 11.8. The zero-order chi connectivity index (χ0) is 13.5. The second-order valence-electron chi connectivity index (χ2n) is 4.72. The minimum absolute atomic E-state index is 0.190. The number of hydrogen-bond acceptors (Lipinski definition) is 1. The summed E-state index contributed by atoms with van der Waals surface area (Å²) in [5, 5.41) is 0. The molecule has 0 aliphatic rings. The van der Waals surface area contributed by atoms with Gasteiger partial charge >= 0.3 is 0 Å². The predicted octanol–water partition coefficient (Wildman–Crippen LogP) is 4.19. The molecule has 1 aromatic carbocycles. The molecule has 1 heteroatoms. The molecule has 0 amide bonds. The Kier molecular flexibility index (Phi) is 5.31. The highest BCUT2D eigenvalue weighted by atomic mass is 16.1. The van der Waals surface area contributed by atoms with Crippen molar-refractivity contribution >= 4 is 5.78 Å². The van der Waals surface area contributed by atoms with Crippen molar-refractivity contribution < 1.29 is 4.79 Å². The van der Waals surface area contributed by atoms with Crippen LogP contribution in [0, 0.1) is 6.92 Å². The average Bonchev–Trinajstić information content (AvgIpc) is 2.29. The van der Waals surface area contributed by atoms with E-state index in [1.165, 1.54) is 5.56 Å². The third-order valence-corrected chi connectivity index (χ3v) is 2.55. The van der Waals surface area contributed by atoms with E-state index in [2.05, 4.69) is 13.2 Å². The van der Waals surface area contributed by atoms with Crippen LogP contribution in [0.3, 0.4) is 0 Å². The molecule has 1 aromatic rings. The Morgan fingerprint density at radius 2 is 1.78 bits per heavy atom. The molecule has 0 saturated heterocycles. The maximum absolute atomic E-state index is 11.8. The molecule has 18 heavy (non-hydrogen) atoms. The van der Waals surface area contributed by atoms with E-state index < -0.39 is 0 Å². The summed E-state index contributed by atoms with van der Waals surface area (Å²) < 4.78 is 0. The highest BCUT2D eigenvalue weighted by Crippen LogP contribution is 2.09. The van der Waals surface area contributed by atoms with Crippen molar-refractivity contribution in [3.8, 4) is 0 Å². The highest BCUT2D eigenvalue weighted by molar-refractivity contribution is 5.83. The molecule has 0 bridgehead atoms. The summed E-state index contributed by atoms with van der Waals surface area (Å²) in [5.74, 6) is 0.190. The fourth-order valence-corrected chi connectivity index (χ4v) is 1.57.